The van der Waals surface area contributed by atoms with Gasteiger partial charge >= 0.3 is 0 Å². The van der Waals surface area contributed by atoms with E-state index in [1.807, 2.05) is 10.8 Å². The Bertz CT molecular complexity index is 1030. The molecule has 3 aromatic carbocycles. The first kappa shape index (κ1) is 14.1. The summed E-state index contributed by atoms with van der Waals surface area (Å²) in [6, 6.07) is 23.9. The van der Waals surface area contributed by atoms with Gasteiger partial charge in [-0.15, -0.1) is 6.07 Å². The van der Waals surface area contributed by atoms with Crippen molar-refractivity contribution in [1.82, 2.24) is 0 Å². The quantitative estimate of drug-likeness (QED) is 0.442. The first-order valence-corrected chi connectivity index (χ1v) is 8.48. The van der Waals surface area contributed by atoms with Crippen molar-refractivity contribution >= 4 is 12.4 Å². The summed E-state index contributed by atoms with van der Waals surface area (Å²) < 4.78 is 1.95. The second-order valence-electron chi connectivity index (χ2n) is 6.57. The zero-order valence-corrected chi connectivity index (χ0v) is 14.1. The fourth-order valence-electron chi connectivity index (χ4n) is 3.79. The standard InChI is InChI=1S/C23H18N2/c1-16-10-12-17(13-11-16)18-8-5-9-20-19-6-3-4-7-21(19)23-24(2)14-15-25(23)22(18)20/h3-15H,2H2,1H3. The van der Waals surface area contributed by atoms with Gasteiger partial charge < -0.3 is 0 Å². The Morgan fingerprint density at radius 1 is 0.840 bits per heavy atom. The van der Waals surface area contributed by atoms with Crippen molar-refractivity contribution < 1.29 is 4.58 Å². The molecule has 3 aromatic rings. The number of hydrogen-bond donors (Lipinski definition) is 0. The molecule has 2 aliphatic rings. The maximum Gasteiger partial charge on any atom is 0.221 e. The maximum atomic E-state index is 4.18. The first-order valence-electron chi connectivity index (χ1n) is 8.48. The van der Waals surface area contributed by atoms with Crippen LogP contribution in [0.5, 0.6) is 0 Å². The Morgan fingerprint density at radius 2 is 1.56 bits per heavy atom. The Hall–Kier alpha value is -3.26. The highest BCUT2D eigenvalue weighted by atomic mass is 15.3. The number of anilines is 1. The number of para-hydroxylation sites is 1. The minimum Gasteiger partial charge on any atom is -0.297 e. The van der Waals surface area contributed by atoms with Crippen LogP contribution >= 0.6 is 0 Å². The van der Waals surface area contributed by atoms with E-state index in [0.717, 1.165) is 6.17 Å². The van der Waals surface area contributed by atoms with Crippen molar-refractivity contribution in [3.05, 3.63) is 96.4 Å². The molecule has 0 fully saturated rings. The summed E-state index contributed by atoms with van der Waals surface area (Å²) in [7, 11) is 0. The van der Waals surface area contributed by atoms with Crippen LogP contribution in [0.15, 0.2) is 79.1 Å². The molecule has 2 nitrogen and oxygen atoms in total. The number of hydrogen-bond acceptors (Lipinski definition) is 1. The molecule has 2 aliphatic heterocycles. The van der Waals surface area contributed by atoms with Gasteiger partial charge in [-0.1, -0.05) is 71.8 Å². The molecule has 0 spiro atoms. The molecule has 0 unspecified atom stereocenters. The summed E-state index contributed by atoms with van der Waals surface area (Å²) in [6.07, 6.45) is 5.24. The Morgan fingerprint density at radius 3 is 2.40 bits per heavy atom. The number of benzene rings is 3. The molecule has 0 aliphatic carbocycles. The summed E-state index contributed by atoms with van der Waals surface area (Å²) in [5.41, 5.74) is 8.71. The van der Waals surface area contributed by atoms with Crippen LogP contribution in [0, 0.1) is 13.1 Å². The molecule has 0 aromatic heterocycles. The molecule has 0 atom stereocenters. The highest BCUT2D eigenvalue weighted by Gasteiger charge is 2.36. The topological polar surface area (TPSA) is 6.25 Å². The SMILES string of the molecule is C=[N+]1C=CN2c3c(-c4ccc(C)cc4)cccc3-c3ccccc3[C-]21. The molecule has 0 saturated carbocycles. The fourth-order valence-corrected chi connectivity index (χ4v) is 3.79. The van der Waals surface area contributed by atoms with Crippen molar-refractivity contribution in [2.45, 2.75) is 6.92 Å². The van der Waals surface area contributed by atoms with Crippen LogP contribution in [0.25, 0.3) is 22.3 Å². The molecule has 0 N–H and O–H groups in total. The normalized spacial score (nSPS) is 14.4. The molecule has 0 radical (unpaired) electrons. The van der Waals surface area contributed by atoms with E-state index < -0.39 is 0 Å². The average Bonchev–Trinajstić information content (AvgIpc) is 3.04. The second kappa shape index (κ2) is 5.12. The van der Waals surface area contributed by atoms with E-state index in [4.69, 9.17) is 0 Å². The van der Waals surface area contributed by atoms with Gasteiger partial charge in [0, 0.05) is 11.8 Å². The van der Waals surface area contributed by atoms with Crippen LogP contribution in [0.3, 0.4) is 0 Å². The van der Waals surface area contributed by atoms with Crippen LogP contribution in [0.2, 0.25) is 0 Å². The van der Waals surface area contributed by atoms with E-state index in [1.54, 1.807) is 0 Å². The molecule has 5 rings (SSSR count). The fraction of sp³-hybridized carbons (Fsp3) is 0.0435. The summed E-state index contributed by atoms with van der Waals surface area (Å²) in [4.78, 5) is 2.26. The zero-order valence-electron chi connectivity index (χ0n) is 14.1. The van der Waals surface area contributed by atoms with Gasteiger partial charge in [0.25, 0.3) is 0 Å². The van der Waals surface area contributed by atoms with Gasteiger partial charge in [0.1, 0.15) is 6.20 Å². The molecule has 0 bridgehead atoms. The van der Waals surface area contributed by atoms with Crippen LogP contribution < -0.4 is 4.90 Å². The van der Waals surface area contributed by atoms with Gasteiger partial charge in [0.15, 0.2) is 0 Å². The van der Waals surface area contributed by atoms with Crippen molar-refractivity contribution in [3.63, 3.8) is 0 Å². The van der Waals surface area contributed by atoms with Gasteiger partial charge in [-0.25, -0.2) is 0 Å². The van der Waals surface area contributed by atoms with Crippen molar-refractivity contribution in [2.24, 2.45) is 0 Å². The van der Waals surface area contributed by atoms with Crippen molar-refractivity contribution in [3.8, 4) is 22.3 Å². The largest absolute Gasteiger partial charge is 0.297 e. The van der Waals surface area contributed by atoms with Gasteiger partial charge in [-0.05, 0) is 23.6 Å². The Balaban J connectivity index is 1.82. The first-order chi connectivity index (χ1) is 12.2. The predicted molar refractivity (Wildman–Crippen MR) is 103 cm³/mol. The van der Waals surface area contributed by atoms with E-state index in [1.165, 1.54) is 39.1 Å². The minimum atomic E-state index is 1.11. The van der Waals surface area contributed by atoms with E-state index in [-0.39, 0.29) is 0 Å². The zero-order chi connectivity index (χ0) is 17.0. The van der Waals surface area contributed by atoms with Crippen molar-refractivity contribution in [2.75, 3.05) is 4.90 Å². The number of nitrogens with zero attached hydrogens (tertiary/aromatic N) is 2. The summed E-state index contributed by atoms with van der Waals surface area (Å²) in [5, 5.41) is 0. The van der Waals surface area contributed by atoms with E-state index in [0.29, 0.717) is 0 Å². The Kier molecular flexibility index (Phi) is 2.89. The van der Waals surface area contributed by atoms with Crippen LogP contribution in [0.4, 0.5) is 5.69 Å². The third-order valence-corrected chi connectivity index (χ3v) is 4.99. The van der Waals surface area contributed by atoms with Gasteiger partial charge in [0.05, 0.1) is 12.4 Å². The summed E-state index contributed by atoms with van der Waals surface area (Å²) in [6.45, 7) is 6.30. The minimum absolute atomic E-state index is 1.11. The molecule has 0 saturated heterocycles. The summed E-state index contributed by atoms with van der Waals surface area (Å²) in [5.74, 6) is 0. The average molecular weight is 322 g/mol. The maximum absolute atomic E-state index is 4.18. The Labute approximate surface area is 148 Å². The number of aryl methyl sites for hydroxylation is 1. The van der Waals surface area contributed by atoms with E-state index in [2.05, 4.69) is 91.5 Å². The highest BCUT2D eigenvalue weighted by Crippen LogP contribution is 2.50. The lowest BCUT2D eigenvalue weighted by molar-refractivity contribution is -0.416. The molecule has 2 heterocycles. The highest BCUT2D eigenvalue weighted by molar-refractivity contribution is 5.97. The lowest BCUT2D eigenvalue weighted by atomic mass is 9.88. The van der Waals surface area contributed by atoms with Gasteiger partial charge in [-0.2, -0.15) is 0 Å². The molecule has 0 amide bonds. The molecule has 2 heteroatoms. The van der Waals surface area contributed by atoms with Crippen molar-refractivity contribution in [1.29, 1.82) is 0 Å². The number of rotatable bonds is 1. The third kappa shape index (κ3) is 1.97. The van der Waals surface area contributed by atoms with E-state index in [9.17, 15) is 0 Å². The number of fused-ring (bicyclic) bond motifs is 6. The second-order valence-corrected chi connectivity index (χ2v) is 6.57. The van der Waals surface area contributed by atoms with Gasteiger partial charge in [0.2, 0.25) is 6.17 Å². The van der Waals surface area contributed by atoms with Crippen LogP contribution in [-0.2, 0) is 0 Å². The van der Waals surface area contributed by atoms with Gasteiger partial charge in [-0.3, -0.25) is 9.48 Å². The lowest BCUT2D eigenvalue weighted by Crippen LogP contribution is -2.30. The van der Waals surface area contributed by atoms with Crippen LogP contribution in [-0.4, -0.2) is 11.3 Å². The molecule has 120 valence electrons. The smallest absolute Gasteiger partial charge is 0.221 e. The molecule has 25 heavy (non-hydrogen) atoms. The lowest BCUT2D eigenvalue weighted by Gasteiger charge is -2.35. The van der Waals surface area contributed by atoms with Crippen LogP contribution in [0.1, 0.15) is 11.1 Å². The predicted octanol–water partition coefficient (Wildman–Crippen LogP) is 5.18. The molecular formula is C23H18N2. The van der Waals surface area contributed by atoms with E-state index >= 15 is 0 Å². The third-order valence-electron chi connectivity index (χ3n) is 4.99. The summed E-state index contributed by atoms with van der Waals surface area (Å²) >= 11 is 0. The monoisotopic (exact) mass is 322 g/mol. The molecular weight excluding hydrogens is 304 g/mol.